The van der Waals surface area contributed by atoms with Gasteiger partial charge in [0.25, 0.3) is 0 Å². The lowest BCUT2D eigenvalue weighted by Gasteiger charge is -2.27. The molecule has 0 aromatic carbocycles. The van der Waals surface area contributed by atoms with Crippen molar-refractivity contribution < 1.29 is 23.8 Å². The number of hydrogen-bond acceptors (Lipinski definition) is 8. The van der Waals surface area contributed by atoms with Crippen LogP contribution in [0.4, 0.5) is 10.2 Å². The number of esters is 1. The van der Waals surface area contributed by atoms with Crippen LogP contribution in [0.25, 0.3) is 11.2 Å². The first-order valence-electron chi connectivity index (χ1n) is 9.10. The Hall–Kier alpha value is -2.77. The minimum absolute atomic E-state index is 0.103. The number of nitrogen functional groups attached to an aromatic ring is 1. The van der Waals surface area contributed by atoms with Gasteiger partial charge in [0, 0.05) is 6.42 Å². The van der Waals surface area contributed by atoms with Gasteiger partial charge in [-0.15, -0.1) is 6.42 Å². The topological polar surface area (TPSA) is 125 Å². The van der Waals surface area contributed by atoms with Crippen molar-refractivity contribution in [1.82, 2.24) is 19.5 Å². The second-order valence-corrected chi connectivity index (χ2v) is 7.11. The van der Waals surface area contributed by atoms with Crippen LogP contribution >= 0.6 is 0 Å². The van der Waals surface area contributed by atoms with E-state index < -0.39 is 30.6 Å². The van der Waals surface area contributed by atoms with E-state index in [9.17, 15) is 14.3 Å². The second kappa shape index (κ2) is 7.00. The van der Waals surface area contributed by atoms with Crippen molar-refractivity contribution in [3.63, 3.8) is 0 Å². The minimum Gasteiger partial charge on any atom is -0.458 e. The molecule has 3 N–H and O–H groups in total. The van der Waals surface area contributed by atoms with Crippen LogP contribution in [0.5, 0.6) is 0 Å². The molecule has 2 aromatic rings. The highest BCUT2D eigenvalue weighted by molar-refractivity contribution is 5.81. The fourth-order valence-electron chi connectivity index (χ4n) is 3.89. The van der Waals surface area contributed by atoms with E-state index in [1.165, 1.54) is 10.9 Å². The zero-order valence-corrected chi connectivity index (χ0v) is 15.0. The average Bonchev–Trinajstić information content (AvgIpc) is 3.40. The molecule has 2 aliphatic rings. The molecule has 1 aliphatic heterocycles. The fraction of sp³-hybridized carbons (Fsp3) is 0.556. The van der Waals surface area contributed by atoms with Gasteiger partial charge in [-0.25, -0.2) is 4.98 Å². The molecule has 1 saturated carbocycles. The lowest BCUT2D eigenvalue weighted by Crippen LogP contribution is -2.44. The average molecular weight is 389 g/mol. The van der Waals surface area contributed by atoms with E-state index >= 15 is 0 Å². The third kappa shape index (κ3) is 2.96. The van der Waals surface area contributed by atoms with Crippen LogP contribution in [-0.4, -0.2) is 48.9 Å². The van der Waals surface area contributed by atoms with Crippen molar-refractivity contribution in [3.05, 3.63) is 12.4 Å². The Kier molecular flexibility index (Phi) is 4.64. The Morgan fingerprint density at radius 2 is 2.25 bits per heavy atom. The van der Waals surface area contributed by atoms with Gasteiger partial charge in [0.2, 0.25) is 0 Å². The van der Waals surface area contributed by atoms with Crippen LogP contribution in [0, 0.1) is 24.3 Å². The Balaban J connectivity index is 1.63. The van der Waals surface area contributed by atoms with Crippen LogP contribution in [0.3, 0.4) is 0 Å². The van der Waals surface area contributed by atoms with Crippen LogP contribution in [0.2, 0.25) is 0 Å². The summed E-state index contributed by atoms with van der Waals surface area (Å²) in [6.45, 7) is -0.541. The standard InChI is InChI=1S/C18H20FN5O4/c1-2-18(8-25)11(27-16(26)10-5-3-4-6-10)7-12(28-18)24-9-21-13-14(20)22-17(19)23-15(13)24/h1,9-12,25H,3-8H2,(H2,20,22,23)/t11-,12+,18+/m0/s1. The Morgan fingerprint density at radius 1 is 1.50 bits per heavy atom. The van der Waals surface area contributed by atoms with Gasteiger partial charge in [-0.2, -0.15) is 14.4 Å². The third-order valence-corrected chi connectivity index (χ3v) is 5.44. The Morgan fingerprint density at radius 3 is 2.93 bits per heavy atom. The quantitative estimate of drug-likeness (QED) is 0.449. The molecule has 148 valence electrons. The summed E-state index contributed by atoms with van der Waals surface area (Å²) in [5.74, 6) is 1.82. The molecule has 1 aliphatic carbocycles. The van der Waals surface area contributed by atoms with Crippen molar-refractivity contribution in [2.75, 3.05) is 12.3 Å². The molecule has 10 heteroatoms. The van der Waals surface area contributed by atoms with E-state index in [0.29, 0.717) is 0 Å². The SMILES string of the molecule is C#C[C@]1(CO)O[C@@H](n2cnc3c(N)nc(F)nc32)C[C@@H]1OC(=O)C1CCCC1. The van der Waals surface area contributed by atoms with Gasteiger partial charge in [0.15, 0.2) is 22.6 Å². The van der Waals surface area contributed by atoms with Gasteiger partial charge < -0.3 is 20.3 Å². The lowest BCUT2D eigenvalue weighted by atomic mass is 9.98. The molecular formula is C18H20FN5O4. The predicted octanol–water partition coefficient (Wildman–Crippen LogP) is 0.933. The zero-order valence-electron chi connectivity index (χ0n) is 15.0. The van der Waals surface area contributed by atoms with Crippen molar-refractivity contribution in [2.24, 2.45) is 5.92 Å². The summed E-state index contributed by atoms with van der Waals surface area (Å²) < 4.78 is 26.6. The molecule has 9 nitrogen and oxygen atoms in total. The molecule has 3 atom stereocenters. The van der Waals surface area contributed by atoms with Gasteiger partial charge in [-0.3, -0.25) is 9.36 Å². The van der Waals surface area contributed by atoms with Crippen molar-refractivity contribution in [2.45, 2.75) is 50.0 Å². The van der Waals surface area contributed by atoms with E-state index in [-0.39, 0.29) is 35.3 Å². The number of carbonyl (C=O) groups excluding carboxylic acids is 1. The molecular weight excluding hydrogens is 369 g/mol. The number of aromatic nitrogens is 4. The number of imidazole rings is 1. The zero-order chi connectivity index (χ0) is 19.9. The number of rotatable bonds is 4. The highest BCUT2D eigenvalue weighted by Gasteiger charge is 2.51. The number of ether oxygens (including phenoxy) is 2. The first-order valence-corrected chi connectivity index (χ1v) is 9.10. The number of terminal acetylenes is 1. The Labute approximate surface area is 160 Å². The molecule has 2 fully saturated rings. The highest BCUT2D eigenvalue weighted by Crippen LogP contribution is 2.40. The summed E-state index contributed by atoms with van der Waals surface area (Å²) in [4.78, 5) is 23.8. The number of anilines is 1. The van der Waals surface area contributed by atoms with Gasteiger partial charge in [-0.05, 0) is 12.8 Å². The molecule has 28 heavy (non-hydrogen) atoms. The smallest absolute Gasteiger partial charge is 0.312 e. The first kappa shape index (κ1) is 18.6. The number of carbonyl (C=O) groups is 1. The highest BCUT2D eigenvalue weighted by atomic mass is 19.1. The monoisotopic (exact) mass is 389 g/mol. The molecule has 3 heterocycles. The number of halogens is 1. The van der Waals surface area contributed by atoms with Crippen molar-refractivity contribution in [1.29, 1.82) is 0 Å². The fourth-order valence-corrected chi connectivity index (χ4v) is 3.89. The van der Waals surface area contributed by atoms with Crippen LogP contribution in [-0.2, 0) is 14.3 Å². The lowest BCUT2D eigenvalue weighted by molar-refractivity contribution is -0.163. The molecule has 0 spiro atoms. The van der Waals surface area contributed by atoms with Gasteiger partial charge in [0.05, 0.1) is 18.9 Å². The van der Waals surface area contributed by atoms with E-state index in [1.54, 1.807) is 0 Å². The minimum atomic E-state index is -1.51. The second-order valence-electron chi connectivity index (χ2n) is 7.11. The summed E-state index contributed by atoms with van der Waals surface area (Å²) in [5, 5.41) is 9.89. The van der Waals surface area contributed by atoms with Crippen LogP contribution < -0.4 is 5.73 Å². The van der Waals surface area contributed by atoms with Crippen molar-refractivity contribution >= 4 is 23.0 Å². The summed E-state index contributed by atoms with van der Waals surface area (Å²) in [5.41, 5.74) is 4.52. The maximum absolute atomic E-state index is 13.6. The number of nitrogens with two attached hydrogens (primary N) is 1. The maximum atomic E-state index is 13.6. The molecule has 0 radical (unpaired) electrons. The largest absolute Gasteiger partial charge is 0.458 e. The van der Waals surface area contributed by atoms with E-state index in [2.05, 4.69) is 20.9 Å². The van der Waals surface area contributed by atoms with Gasteiger partial charge in [-0.1, -0.05) is 18.8 Å². The van der Waals surface area contributed by atoms with Crippen LogP contribution in [0.1, 0.15) is 38.3 Å². The van der Waals surface area contributed by atoms with Crippen molar-refractivity contribution in [3.8, 4) is 12.3 Å². The molecule has 2 aromatic heterocycles. The third-order valence-electron chi connectivity index (χ3n) is 5.44. The number of hydrogen-bond donors (Lipinski definition) is 2. The van der Waals surface area contributed by atoms with E-state index in [0.717, 1.165) is 25.7 Å². The summed E-state index contributed by atoms with van der Waals surface area (Å²) >= 11 is 0. The van der Waals surface area contributed by atoms with Gasteiger partial charge >= 0.3 is 12.0 Å². The number of nitrogens with zero attached hydrogens (tertiary/aromatic N) is 4. The normalized spacial score (nSPS) is 27.9. The summed E-state index contributed by atoms with van der Waals surface area (Å²) in [6, 6.07) is 0. The molecule has 0 amide bonds. The summed E-state index contributed by atoms with van der Waals surface area (Å²) in [7, 11) is 0. The Bertz CT molecular complexity index is 951. The summed E-state index contributed by atoms with van der Waals surface area (Å²) in [6.07, 6.45) is 8.03. The number of fused-ring (bicyclic) bond motifs is 1. The van der Waals surface area contributed by atoms with E-state index in [4.69, 9.17) is 21.6 Å². The van der Waals surface area contributed by atoms with E-state index in [1.807, 2.05) is 0 Å². The van der Waals surface area contributed by atoms with Crippen LogP contribution in [0.15, 0.2) is 6.33 Å². The first-order chi connectivity index (χ1) is 13.5. The molecule has 0 bridgehead atoms. The maximum Gasteiger partial charge on any atom is 0.312 e. The molecule has 4 rings (SSSR count). The number of aliphatic hydroxyl groups is 1. The molecule has 0 unspecified atom stereocenters. The number of aliphatic hydroxyl groups excluding tert-OH is 1. The van der Waals surface area contributed by atoms with Gasteiger partial charge in [0.1, 0.15) is 12.3 Å². The molecule has 1 saturated heterocycles. The predicted molar refractivity (Wildman–Crippen MR) is 94.9 cm³/mol.